The van der Waals surface area contributed by atoms with Gasteiger partial charge in [0.25, 0.3) is 5.91 Å². The normalized spacial score (nSPS) is 32.8. The fourth-order valence-corrected chi connectivity index (χ4v) is 3.02. The van der Waals surface area contributed by atoms with Crippen LogP contribution in [0.4, 0.5) is 0 Å². The molecule has 17 heavy (non-hydrogen) atoms. The molecule has 0 radical (unpaired) electrons. The van der Waals surface area contributed by atoms with E-state index >= 15 is 0 Å². The minimum absolute atomic E-state index is 0.185. The lowest BCUT2D eigenvalue weighted by Crippen LogP contribution is -2.44. The fraction of sp³-hybridized carbons (Fsp3) is 0.923. The van der Waals surface area contributed by atoms with Gasteiger partial charge in [-0.3, -0.25) is 4.79 Å². The largest absolute Gasteiger partial charge is 0.365 e. The number of nitrogens with zero attached hydrogens (tertiary/aromatic N) is 1. The highest BCUT2D eigenvalue weighted by Crippen LogP contribution is 2.26. The molecule has 0 aliphatic carbocycles. The standard InChI is InChI=1S/C13H22ClNO2/c1-9-3-4-12(17-9)13(16)15-7-5-11(6-8-15)10(2)14/h9-12H,3-8H2,1-2H3. The maximum Gasteiger partial charge on any atom is 0.251 e. The van der Waals surface area contributed by atoms with Crippen molar-refractivity contribution in [1.29, 1.82) is 0 Å². The van der Waals surface area contributed by atoms with Gasteiger partial charge in [-0.05, 0) is 45.4 Å². The van der Waals surface area contributed by atoms with Crippen molar-refractivity contribution in [3.8, 4) is 0 Å². The number of amides is 1. The molecule has 2 aliphatic rings. The van der Waals surface area contributed by atoms with Crippen LogP contribution in [0.15, 0.2) is 0 Å². The lowest BCUT2D eigenvalue weighted by Gasteiger charge is -2.34. The van der Waals surface area contributed by atoms with Gasteiger partial charge in [0.2, 0.25) is 0 Å². The van der Waals surface area contributed by atoms with E-state index in [1.165, 1.54) is 0 Å². The van der Waals surface area contributed by atoms with Crippen LogP contribution in [0.5, 0.6) is 0 Å². The van der Waals surface area contributed by atoms with Gasteiger partial charge in [0, 0.05) is 18.5 Å². The van der Waals surface area contributed by atoms with Crippen molar-refractivity contribution in [3.05, 3.63) is 0 Å². The highest BCUT2D eigenvalue weighted by molar-refractivity contribution is 6.20. The Morgan fingerprint density at radius 1 is 1.29 bits per heavy atom. The molecule has 2 saturated heterocycles. The molecule has 2 rings (SSSR count). The Morgan fingerprint density at radius 3 is 2.41 bits per heavy atom. The van der Waals surface area contributed by atoms with Crippen LogP contribution in [0.25, 0.3) is 0 Å². The molecule has 0 spiro atoms. The van der Waals surface area contributed by atoms with Crippen molar-refractivity contribution >= 4 is 17.5 Å². The Hall–Kier alpha value is -0.280. The lowest BCUT2D eigenvalue weighted by atomic mass is 9.93. The second kappa shape index (κ2) is 5.57. The zero-order chi connectivity index (χ0) is 12.4. The number of halogens is 1. The summed E-state index contributed by atoms with van der Waals surface area (Å²) in [6.45, 7) is 5.77. The molecule has 0 aromatic rings. The second-order valence-corrected chi connectivity index (χ2v) is 6.04. The van der Waals surface area contributed by atoms with E-state index in [-0.39, 0.29) is 23.5 Å². The van der Waals surface area contributed by atoms with Crippen molar-refractivity contribution in [2.45, 2.75) is 57.1 Å². The predicted molar refractivity (Wildman–Crippen MR) is 68.2 cm³/mol. The molecule has 0 N–H and O–H groups in total. The summed E-state index contributed by atoms with van der Waals surface area (Å²) in [6, 6.07) is 0. The Balaban J connectivity index is 1.82. The minimum Gasteiger partial charge on any atom is -0.365 e. The number of hydrogen-bond donors (Lipinski definition) is 0. The van der Waals surface area contributed by atoms with Gasteiger partial charge in [-0.2, -0.15) is 0 Å². The van der Waals surface area contributed by atoms with Crippen LogP contribution in [0, 0.1) is 5.92 Å². The van der Waals surface area contributed by atoms with Crippen LogP contribution >= 0.6 is 11.6 Å². The average Bonchev–Trinajstić information content (AvgIpc) is 2.75. The van der Waals surface area contributed by atoms with E-state index in [0.717, 1.165) is 38.8 Å². The first-order chi connectivity index (χ1) is 8.08. The number of piperidine rings is 1. The SMILES string of the molecule is CC1CCC(C(=O)N2CCC(C(C)Cl)CC2)O1. The van der Waals surface area contributed by atoms with Crippen LogP contribution in [0.2, 0.25) is 0 Å². The molecule has 3 unspecified atom stereocenters. The number of carbonyl (C=O) groups excluding carboxylic acids is 1. The molecule has 1 amide bonds. The van der Waals surface area contributed by atoms with Crippen LogP contribution < -0.4 is 0 Å². The zero-order valence-electron chi connectivity index (χ0n) is 10.7. The molecule has 2 aliphatic heterocycles. The number of alkyl halides is 1. The molecular weight excluding hydrogens is 238 g/mol. The maximum atomic E-state index is 12.2. The van der Waals surface area contributed by atoms with E-state index in [4.69, 9.17) is 16.3 Å². The molecule has 0 aromatic carbocycles. The van der Waals surface area contributed by atoms with Crippen molar-refractivity contribution < 1.29 is 9.53 Å². The molecule has 0 saturated carbocycles. The van der Waals surface area contributed by atoms with E-state index in [2.05, 4.69) is 0 Å². The van der Waals surface area contributed by atoms with Gasteiger partial charge >= 0.3 is 0 Å². The summed E-state index contributed by atoms with van der Waals surface area (Å²) in [5.41, 5.74) is 0. The molecule has 3 atom stereocenters. The summed E-state index contributed by atoms with van der Waals surface area (Å²) < 4.78 is 5.63. The molecular formula is C13H22ClNO2. The topological polar surface area (TPSA) is 29.5 Å². The first kappa shape index (κ1) is 13.2. The van der Waals surface area contributed by atoms with E-state index in [9.17, 15) is 4.79 Å². The molecule has 4 heteroatoms. The fourth-order valence-electron chi connectivity index (χ4n) is 2.77. The molecule has 3 nitrogen and oxygen atoms in total. The van der Waals surface area contributed by atoms with Crippen molar-refractivity contribution in [2.24, 2.45) is 5.92 Å². The van der Waals surface area contributed by atoms with Crippen molar-refractivity contribution in [1.82, 2.24) is 4.90 Å². The Bertz CT molecular complexity index is 275. The van der Waals surface area contributed by atoms with Gasteiger partial charge < -0.3 is 9.64 Å². The Morgan fingerprint density at radius 2 is 1.94 bits per heavy atom. The number of ether oxygens (including phenoxy) is 1. The number of rotatable bonds is 2. The van der Waals surface area contributed by atoms with Gasteiger partial charge in [-0.1, -0.05) is 0 Å². The molecule has 0 bridgehead atoms. The summed E-state index contributed by atoms with van der Waals surface area (Å²) in [5, 5.41) is 0.218. The van der Waals surface area contributed by atoms with Crippen molar-refractivity contribution in [3.63, 3.8) is 0 Å². The quantitative estimate of drug-likeness (QED) is 0.713. The maximum absolute atomic E-state index is 12.2. The van der Waals surface area contributed by atoms with E-state index in [1.54, 1.807) is 0 Å². The number of carbonyl (C=O) groups is 1. The van der Waals surface area contributed by atoms with E-state index < -0.39 is 0 Å². The molecule has 2 heterocycles. The average molecular weight is 260 g/mol. The summed E-state index contributed by atoms with van der Waals surface area (Å²) in [5.74, 6) is 0.749. The van der Waals surface area contributed by atoms with Crippen LogP contribution in [-0.4, -0.2) is 41.5 Å². The van der Waals surface area contributed by atoms with Gasteiger partial charge in [0.05, 0.1) is 6.10 Å². The summed E-state index contributed by atoms with van der Waals surface area (Å²) in [6.07, 6.45) is 3.99. The van der Waals surface area contributed by atoms with Gasteiger partial charge in [0.15, 0.2) is 0 Å². The van der Waals surface area contributed by atoms with Crippen molar-refractivity contribution in [2.75, 3.05) is 13.1 Å². The third-order valence-electron chi connectivity index (χ3n) is 4.01. The Kier molecular flexibility index (Phi) is 4.31. The first-order valence-electron chi connectivity index (χ1n) is 6.66. The molecule has 0 aromatic heterocycles. The predicted octanol–water partition coefficient (Wildman–Crippen LogP) is 2.42. The van der Waals surface area contributed by atoms with Gasteiger partial charge in [0.1, 0.15) is 6.10 Å². The van der Waals surface area contributed by atoms with Crippen LogP contribution in [-0.2, 0) is 9.53 Å². The highest BCUT2D eigenvalue weighted by Gasteiger charge is 2.33. The third kappa shape index (κ3) is 3.14. The summed E-state index contributed by atoms with van der Waals surface area (Å²) >= 11 is 6.10. The monoisotopic (exact) mass is 259 g/mol. The Labute approximate surface area is 108 Å². The van der Waals surface area contributed by atoms with Crippen LogP contribution in [0.1, 0.15) is 39.5 Å². The molecule has 98 valence electrons. The summed E-state index contributed by atoms with van der Waals surface area (Å²) in [7, 11) is 0. The first-order valence-corrected chi connectivity index (χ1v) is 7.10. The van der Waals surface area contributed by atoms with Gasteiger partial charge in [-0.25, -0.2) is 0 Å². The number of hydrogen-bond acceptors (Lipinski definition) is 2. The van der Waals surface area contributed by atoms with Crippen LogP contribution in [0.3, 0.4) is 0 Å². The molecule has 2 fully saturated rings. The number of likely N-dealkylation sites (tertiary alicyclic amines) is 1. The second-order valence-electron chi connectivity index (χ2n) is 5.35. The third-order valence-corrected chi connectivity index (χ3v) is 4.36. The zero-order valence-corrected chi connectivity index (χ0v) is 11.4. The lowest BCUT2D eigenvalue weighted by molar-refractivity contribution is -0.144. The van der Waals surface area contributed by atoms with E-state index in [0.29, 0.717) is 5.92 Å². The minimum atomic E-state index is -0.185. The van der Waals surface area contributed by atoms with Gasteiger partial charge in [-0.15, -0.1) is 11.6 Å². The smallest absolute Gasteiger partial charge is 0.251 e. The summed E-state index contributed by atoms with van der Waals surface area (Å²) in [4.78, 5) is 14.1. The van der Waals surface area contributed by atoms with E-state index in [1.807, 2.05) is 18.7 Å². The highest BCUT2D eigenvalue weighted by atomic mass is 35.5.